The SMILES string of the molecule is CCCc1c(C(=O)NC2CC2)cnn1-c1ccc(F)cc1. The van der Waals surface area contributed by atoms with Gasteiger partial charge in [0, 0.05) is 6.04 Å². The van der Waals surface area contributed by atoms with Crippen molar-refractivity contribution in [3.05, 3.63) is 47.5 Å². The lowest BCUT2D eigenvalue weighted by Crippen LogP contribution is -2.26. The maximum absolute atomic E-state index is 13.0. The van der Waals surface area contributed by atoms with Gasteiger partial charge in [0.05, 0.1) is 23.1 Å². The van der Waals surface area contributed by atoms with Gasteiger partial charge in [0.15, 0.2) is 0 Å². The summed E-state index contributed by atoms with van der Waals surface area (Å²) >= 11 is 0. The van der Waals surface area contributed by atoms with Crippen LogP contribution in [0.4, 0.5) is 4.39 Å². The second-order valence-electron chi connectivity index (χ2n) is 5.39. The number of benzene rings is 1. The Labute approximate surface area is 123 Å². The average Bonchev–Trinajstić information content (AvgIpc) is 3.18. The van der Waals surface area contributed by atoms with E-state index in [-0.39, 0.29) is 11.7 Å². The monoisotopic (exact) mass is 287 g/mol. The van der Waals surface area contributed by atoms with E-state index in [0.29, 0.717) is 11.6 Å². The Kier molecular flexibility index (Phi) is 3.73. The minimum Gasteiger partial charge on any atom is -0.349 e. The second-order valence-corrected chi connectivity index (χ2v) is 5.39. The summed E-state index contributed by atoms with van der Waals surface area (Å²) in [6.45, 7) is 2.06. The number of amides is 1. The van der Waals surface area contributed by atoms with Crippen LogP contribution in [-0.4, -0.2) is 21.7 Å². The van der Waals surface area contributed by atoms with E-state index < -0.39 is 0 Å². The third kappa shape index (κ3) is 2.96. The van der Waals surface area contributed by atoms with E-state index in [1.54, 1.807) is 23.0 Å². The fourth-order valence-electron chi connectivity index (χ4n) is 2.34. The summed E-state index contributed by atoms with van der Waals surface area (Å²) in [6.07, 6.45) is 5.38. The molecule has 1 aliphatic carbocycles. The standard InChI is InChI=1S/C16H18FN3O/c1-2-3-15-14(16(21)19-12-6-7-12)10-18-20(15)13-8-4-11(17)5-9-13/h4-5,8-10,12H,2-3,6-7H2,1H3,(H,19,21). The highest BCUT2D eigenvalue weighted by atomic mass is 19.1. The molecular formula is C16H18FN3O. The van der Waals surface area contributed by atoms with Crippen LogP contribution in [0.15, 0.2) is 30.5 Å². The first-order chi connectivity index (χ1) is 10.2. The molecule has 1 aliphatic rings. The Balaban J connectivity index is 1.94. The number of nitrogens with one attached hydrogen (secondary N) is 1. The highest BCUT2D eigenvalue weighted by molar-refractivity contribution is 5.95. The van der Waals surface area contributed by atoms with Crippen molar-refractivity contribution in [3.63, 3.8) is 0 Å². The molecule has 0 spiro atoms. The summed E-state index contributed by atoms with van der Waals surface area (Å²) in [5.74, 6) is -0.344. The summed E-state index contributed by atoms with van der Waals surface area (Å²) < 4.78 is 14.8. The summed E-state index contributed by atoms with van der Waals surface area (Å²) in [7, 11) is 0. The third-order valence-electron chi connectivity index (χ3n) is 3.58. The van der Waals surface area contributed by atoms with Crippen molar-refractivity contribution >= 4 is 5.91 Å². The number of hydrogen-bond acceptors (Lipinski definition) is 2. The summed E-state index contributed by atoms with van der Waals surface area (Å²) in [5, 5.41) is 7.31. The minimum atomic E-state index is -0.283. The Morgan fingerprint density at radius 1 is 1.38 bits per heavy atom. The van der Waals surface area contributed by atoms with Crippen molar-refractivity contribution in [3.8, 4) is 5.69 Å². The minimum absolute atomic E-state index is 0.0608. The lowest BCUT2D eigenvalue weighted by molar-refractivity contribution is 0.0950. The zero-order valence-electron chi connectivity index (χ0n) is 12.0. The lowest BCUT2D eigenvalue weighted by atomic mass is 10.1. The van der Waals surface area contributed by atoms with Gasteiger partial charge in [0.25, 0.3) is 5.91 Å². The smallest absolute Gasteiger partial charge is 0.254 e. The van der Waals surface area contributed by atoms with Crippen molar-refractivity contribution in [2.75, 3.05) is 0 Å². The predicted octanol–water partition coefficient (Wildman–Crippen LogP) is 2.86. The summed E-state index contributed by atoms with van der Waals surface area (Å²) in [5.41, 5.74) is 2.26. The van der Waals surface area contributed by atoms with Gasteiger partial charge in [-0.2, -0.15) is 5.10 Å². The molecular weight excluding hydrogens is 269 g/mol. The number of hydrogen-bond donors (Lipinski definition) is 1. The number of rotatable bonds is 5. The second kappa shape index (κ2) is 5.68. The molecule has 21 heavy (non-hydrogen) atoms. The number of carbonyl (C=O) groups excluding carboxylic acids is 1. The quantitative estimate of drug-likeness (QED) is 0.919. The molecule has 0 atom stereocenters. The predicted molar refractivity (Wildman–Crippen MR) is 78.0 cm³/mol. The molecule has 2 aromatic rings. The zero-order chi connectivity index (χ0) is 14.8. The first-order valence-corrected chi connectivity index (χ1v) is 7.32. The van der Waals surface area contributed by atoms with E-state index in [1.807, 2.05) is 0 Å². The lowest BCUT2D eigenvalue weighted by Gasteiger charge is -2.09. The van der Waals surface area contributed by atoms with Crippen molar-refractivity contribution in [2.45, 2.75) is 38.6 Å². The third-order valence-corrected chi connectivity index (χ3v) is 3.58. The molecule has 4 nitrogen and oxygen atoms in total. The molecule has 0 radical (unpaired) electrons. The number of aromatic nitrogens is 2. The van der Waals surface area contributed by atoms with E-state index in [9.17, 15) is 9.18 Å². The van der Waals surface area contributed by atoms with Gasteiger partial charge in [0.2, 0.25) is 0 Å². The van der Waals surface area contributed by atoms with Gasteiger partial charge in [-0.3, -0.25) is 4.79 Å². The first kappa shape index (κ1) is 13.8. The van der Waals surface area contributed by atoms with E-state index in [4.69, 9.17) is 0 Å². The number of carbonyl (C=O) groups is 1. The molecule has 110 valence electrons. The van der Waals surface area contributed by atoms with E-state index in [0.717, 1.165) is 37.1 Å². The van der Waals surface area contributed by atoms with Crippen LogP contribution in [0, 0.1) is 5.82 Å². The highest BCUT2D eigenvalue weighted by Gasteiger charge is 2.26. The molecule has 1 fully saturated rings. The molecule has 0 saturated heterocycles. The topological polar surface area (TPSA) is 46.9 Å². The van der Waals surface area contributed by atoms with Crippen LogP contribution < -0.4 is 5.32 Å². The van der Waals surface area contributed by atoms with Gasteiger partial charge >= 0.3 is 0 Å². The van der Waals surface area contributed by atoms with Crippen LogP contribution in [0.5, 0.6) is 0 Å². The van der Waals surface area contributed by atoms with Crippen LogP contribution in [0.3, 0.4) is 0 Å². The molecule has 1 aromatic carbocycles. The Morgan fingerprint density at radius 2 is 2.10 bits per heavy atom. The van der Waals surface area contributed by atoms with Crippen molar-refractivity contribution in [2.24, 2.45) is 0 Å². The van der Waals surface area contributed by atoms with E-state index in [1.165, 1.54) is 12.1 Å². The van der Waals surface area contributed by atoms with Crippen molar-refractivity contribution in [1.82, 2.24) is 15.1 Å². The average molecular weight is 287 g/mol. The van der Waals surface area contributed by atoms with Gasteiger partial charge in [-0.1, -0.05) is 13.3 Å². The van der Waals surface area contributed by atoms with E-state index >= 15 is 0 Å². The normalized spacial score (nSPS) is 14.2. The van der Waals surface area contributed by atoms with Gasteiger partial charge in [-0.25, -0.2) is 9.07 Å². The Morgan fingerprint density at radius 3 is 2.71 bits per heavy atom. The van der Waals surface area contributed by atoms with Crippen LogP contribution >= 0.6 is 0 Å². The Bertz CT molecular complexity index is 644. The maximum atomic E-state index is 13.0. The van der Waals surface area contributed by atoms with Crippen LogP contribution in [0.2, 0.25) is 0 Å². The van der Waals surface area contributed by atoms with Gasteiger partial charge in [-0.15, -0.1) is 0 Å². The summed E-state index contributed by atoms with van der Waals surface area (Å²) in [6, 6.07) is 6.46. The maximum Gasteiger partial charge on any atom is 0.254 e. The van der Waals surface area contributed by atoms with Crippen molar-refractivity contribution in [1.29, 1.82) is 0 Å². The fraction of sp³-hybridized carbons (Fsp3) is 0.375. The summed E-state index contributed by atoms with van der Waals surface area (Å²) in [4.78, 5) is 12.3. The van der Waals surface area contributed by atoms with Gasteiger partial charge in [-0.05, 0) is 43.5 Å². The van der Waals surface area contributed by atoms with Gasteiger partial charge in [0.1, 0.15) is 5.82 Å². The van der Waals surface area contributed by atoms with Crippen LogP contribution in [0.25, 0.3) is 5.69 Å². The highest BCUT2D eigenvalue weighted by Crippen LogP contribution is 2.21. The molecule has 1 heterocycles. The van der Waals surface area contributed by atoms with Crippen LogP contribution in [-0.2, 0) is 6.42 Å². The van der Waals surface area contributed by atoms with Crippen molar-refractivity contribution < 1.29 is 9.18 Å². The molecule has 1 amide bonds. The zero-order valence-corrected chi connectivity index (χ0v) is 12.0. The van der Waals surface area contributed by atoms with E-state index in [2.05, 4.69) is 17.3 Å². The molecule has 0 unspecified atom stereocenters. The molecule has 1 saturated carbocycles. The molecule has 1 N–H and O–H groups in total. The Hall–Kier alpha value is -2.17. The molecule has 3 rings (SSSR count). The molecule has 0 aliphatic heterocycles. The van der Waals surface area contributed by atoms with Crippen LogP contribution in [0.1, 0.15) is 42.2 Å². The number of halogens is 1. The fourth-order valence-corrected chi connectivity index (χ4v) is 2.34. The largest absolute Gasteiger partial charge is 0.349 e. The first-order valence-electron chi connectivity index (χ1n) is 7.32. The number of nitrogens with zero attached hydrogens (tertiary/aromatic N) is 2. The molecule has 1 aromatic heterocycles. The molecule has 5 heteroatoms. The van der Waals surface area contributed by atoms with Gasteiger partial charge < -0.3 is 5.32 Å². The molecule has 0 bridgehead atoms.